The fourth-order valence-electron chi connectivity index (χ4n) is 3.41. The Morgan fingerprint density at radius 3 is 2.52 bits per heavy atom. The fraction of sp³-hybridized carbons (Fsp3) is 0.786. The summed E-state index contributed by atoms with van der Waals surface area (Å²) in [5.74, 6) is 0.254. The largest absolute Gasteiger partial charge is 0.343 e. The van der Waals surface area contributed by atoms with Crippen LogP contribution in [0.25, 0.3) is 0 Å². The Hall–Kier alpha value is -1.14. The Morgan fingerprint density at radius 2 is 1.90 bits per heavy atom. The van der Waals surface area contributed by atoms with Crippen LogP contribution in [0.1, 0.15) is 32.1 Å². The summed E-state index contributed by atoms with van der Waals surface area (Å²) in [4.78, 5) is 14.2. The number of halogens is 1. The number of carbonyl (C=O) groups excluding carboxylic acids is 1. The van der Waals surface area contributed by atoms with Crippen LogP contribution in [-0.4, -0.2) is 52.0 Å². The standard InChI is InChI=1S/C14H23N5O.ClH/c20-13(1-9-19-12-8-16-17-19)18-10-4-14(5-11-18)2-6-15-7-3-14;/h8,12,15H,1-7,9-11H2;1H. The molecule has 2 fully saturated rings. The average Bonchev–Trinajstić information content (AvgIpc) is 3.00. The molecule has 3 rings (SSSR count). The van der Waals surface area contributed by atoms with E-state index in [1.54, 1.807) is 17.1 Å². The number of likely N-dealkylation sites (tertiary alicyclic amines) is 1. The van der Waals surface area contributed by atoms with Crippen molar-refractivity contribution in [3.05, 3.63) is 12.4 Å². The van der Waals surface area contributed by atoms with Gasteiger partial charge in [-0.3, -0.25) is 9.48 Å². The van der Waals surface area contributed by atoms with Crippen LogP contribution in [0.3, 0.4) is 0 Å². The summed E-state index contributed by atoms with van der Waals surface area (Å²) in [5, 5.41) is 11.1. The average molecular weight is 314 g/mol. The molecule has 2 aliphatic heterocycles. The summed E-state index contributed by atoms with van der Waals surface area (Å²) in [6.45, 7) is 4.76. The second kappa shape index (κ2) is 7.22. The molecule has 7 heteroatoms. The molecule has 1 aromatic rings. The van der Waals surface area contributed by atoms with E-state index in [1.807, 2.05) is 4.90 Å². The molecular formula is C14H24ClN5O. The van der Waals surface area contributed by atoms with Gasteiger partial charge in [0.15, 0.2) is 0 Å². The molecule has 2 aliphatic rings. The van der Waals surface area contributed by atoms with E-state index < -0.39 is 0 Å². The zero-order chi connectivity index (χ0) is 13.8. The first kappa shape index (κ1) is 16.2. The maximum atomic E-state index is 12.2. The van der Waals surface area contributed by atoms with Crippen LogP contribution in [0.4, 0.5) is 0 Å². The Balaban J connectivity index is 0.00000161. The van der Waals surface area contributed by atoms with Gasteiger partial charge in [0.1, 0.15) is 0 Å². The van der Waals surface area contributed by atoms with Gasteiger partial charge in [-0.1, -0.05) is 5.21 Å². The molecule has 0 aromatic carbocycles. The number of amides is 1. The van der Waals surface area contributed by atoms with Crippen molar-refractivity contribution >= 4 is 18.3 Å². The van der Waals surface area contributed by atoms with Crippen molar-refractivity contribution in [3.63, 3.8) is 0 Å². The number of carbonyl (C=O) groups is 1. The fourth-order valence-corrected chi connectivity index (χ4v) is 3.41. The minimum Gasteiger partial charge on any atom is -0.343 e. The zero-order valence-corrected chi connectivity index (χ0v) is 13.1. The van der Waals surface area contributed by atoms with Crippen LogP contribution in [-0.2, 0) is 11.3 Å². The molecule has 0 radical (unpaired) electrons. The SMILES string of the molecule is Cl.O=C(CCn1ccnn1)N1CCC2(CCNCC2)CC1. The van der Waals surface area contributed by atoms with E-state index in [4.69, 9.17) is 0 Å². The van der Waals surface area contributed by atoms with Crippen molar-refractivity contribution < 1.29 is 4.79 Å². The van der Waals surface area contributed by atoms with Crippen LogP contribution in [0.15, 0.2) is 12.4 Å². The summed E-state index contributed by atoms with van der Waals surface area (Å²) in [6, 6.07) is 0. The highest BCUT2D eigenvalue weighted by molar-refractivity contribution is 5.85. The van der Waals surface area contributed by atoms with E-state index in [2.05, 4.69) is 15.6 Å². The molecule has 2 saturated heterocycles. The second-order valence-corrected chi connectivity index (χ2v) is 6.05. The predicted molar refractivity (Wildman–Crippen MR) is 82.2 cm³/mol. The molecule has 6 nitrogen and oxygen atoms in total. The van der Waals surface area contributed by atoms with E-state index in [0.29, 0.717) is 18.4 Å². The number of aromatic nitrogens is 3. The lowest BCUT2D eigenvalue weighted by Crippen LogP contribution is -2.47. The Labute approximate surface area is 131 Å². The lowest BCUT2D eigenvalue weighted by atomic mass is 9.71. The maximum absolute atomic E-state index is 12.2. The van der Waals surface area contributed by atoms with E-state index in [1.165, 1.54) is 25.7 Å². The molecule has 118 valence electrons. The van der Waals surface area contributed by atoms with Gasteiger partial charge in [-0.25, -0.2) is 0 Å². The predicted octanol–water partition coefficient (Wildman–Crippen LogP) is 1.08. The van der Waals surface area contributed by atoms with E-state index >= 15 is 0 Å². The number of nitrogens with one attached hydrogen (secondary N) is 1. The summed E-state index contributed by atoms with van der Waals surface area (Å²) < 4.78 is 1.72. The Bertz CT molecular complexity index is 434. The van der Waals surface area contributed by atoms with Gasteiger partial charge < -0.3 is 10.2 Å². The summed E-state index contributed by atoms with van der Waals surface area (Å²) >= 11 is 0. The van der Waals surface area contributed by atoms with Gasteiger partial charge >= 0.3 is 0 Å². The lowest BCUT2D eigenvalue weighted by Gasteiger charge is -2.44. The number of hydrogen-bond acceptors (Lipinski definition) is 4. The van der Waals surface area contributed by atoms with Gasteiger partial charge in [-0.2, -0.15) is 0 Å². The van der Waals surface area contributed by atoms with Crippen molar-refractivity contribution in [3.8, 4) is 0 Å². The first-order valence-corrected chi connectivity index (χ1v) is 7.60. The third kappa shape index (κ3) is 3.95. The molecule has 1 spiro atoms. The molecule has 0 aliphatic carbocycles. The molecule has 1 amide bonds. The molecule has 3 heterocycles. The number of nitrogens with zero attached hydrogens (tertiary/aromatic N) is 4. The van der Waals surface area contributed by atoms with Gasteiger partial charge in [0.2, 0.25) is 5.91 Å². The highest BCUT2D eigenvalue weighted by atomic mass is 35.5. The second-order valence-electron chi connectivity index (χ2n) is 6.05. The minimum atomic E-state index is 0. The molecule has 0 unspecified atom stereocenters. The van der Waals surface area contributed by atoms with Crippen molar-refractivity contribution in [2.24, 2.45) is 5.41 Å². The quantitative estimate of drug-likeness (QED) is 0.907. The van der Waals surface area contributed by atoms with Gasteiger partial charge in [0.25, 0.3) is 0 Å². The lowest BCUT2D eigenvalue weighted by molar-refractivity contribution is -0.134. The van der Waals surface area contributed by atoms with E-state index in [-0.39, 0.29) is 18.3 Å². The third-order valence-corrected chi connectivity index (χ3v) is 4.87. The van der Waals surface area contributed by atoms with Crippen LogP contribution in [0, 0.1) is 5.41 Å². The van der Waals surface area contributed by atoms with Crippen molar-refractivity contribution in [1.82, 2.24) is 25.2 Å². The highest BCUT2D eigenvalue weighted by Gasteiger charge is 2.36. The summed E-state index contributed by atoms with van der Waals surface area (Å²) in [5.41, 5.74) is 0.508. The molecule has 1 aromatic heterocycles. The van der Waals surface area contributed by atoms with Crippen molar-refractivity contribution in [1.29, 1.82) is 0 Å². The Kier molecular flexibility index (Phi) is 5.58. The molecule has 0 bridgehead atoms. The van der Waals surface area contributed by atoms with Crippen molar-refractivity contribution in [2.45, 2.75) is 38.6 Å². The van der Waals surface area contributed by atoms with Gasteiger partial charge in [0.05, 0.1) is 12.7 Å². The molecule has 1 N–H and O–H groups in total. The molecular weight excluding hydrogens is 290 g/mol. The maximum Gasteiger partial charge on any atom is 0.224 e. The van der Waals surface area contributed by atoms with E-state index in [0.717, 1.165) is 26.2 Å². The van der Waals surface area contributed by atoms with E-state index in [9.17, 15) is 4.79 Å². The highest BCUT2D eigenvalue weighted by Crippen LogP contribution is 2.39. The molecule has 0 saturated carbocycles. The first-order chi connectivity index (χ1) is 9.77. The zero-order valence-electron chi connectivity index (χ0n) is 12.3. The topological polar surface area (TPSA) is 63.1 Å². The number of aryl methyl sites for hydroxylation is 1. The summed E-state index contributed by atoms with van der Waals surface area (Å²) in [6.07, 6.45) is 8.85. The van der Waals surface area contributed by atoms with Gasteiger partial charge in [0, 0.05) is 25.7 Å². The number of piperidine rings is 2. The minimum absolute atomic E-state index is 0. The molecule has 0 atom stereocenters. The number of hydrogen-bond donors (Lipinski definition) is 1. The monoisotopic (exact) mass is 313 g/mol. The van der Waals surface area contributed by atoms with Crippen LogP contribution < -0.4 is 5.32 Å². The smallest absolute Gasteiger partial charge is 0.224 e. The number of rotatable bonds is 3. The van der Waals surface area contributed by atoms with Crippen LogP contribution in [0.5, 0.6) is 0 Å². The third-order valence-electron chi connectivity index (χ3n) is 4.87. The molecule has 21 heavy (non-hydrogen) atoms. The van der Waals surface area contributed by atoms with Crippen LogP contribution >= 0.6 is 12.4 Å². The van der Waals surface area contributed by atoms with Crippen molar-refractivity contribution in [2.75, 3.05) is 26.2 Å². The van der Waals surface area contributed by atoms with Gasteiger partial charge in [-0.15, -0.1) is 17.5 Å². The Morgan fingerprint density at radius 1 is 1.19 bits per heavy atom. The summed E-state index contributed by atoms with van der Waals surface area (Å²) in [7, 11) is 0. The first-order valence-electron chi connectivity index (χ1n) is 7.60. The van der Waals surface area contributed by atoms with Gasteiger partial charge in [-0.05, 0) is 44.2 Å². The van der Waals surface area contributed by atoms with Crippen LogP contribution in [0.2, 0.25) is 0 Å². The normalized spacial score (nSPS) is 21.0.